The Bertz CT molecular complexity index is 1120. The highest BCUT2D eigenvalue weighted by molar-refractivity contribution is 8.18. The highest BCUT2D eigenvalue weighted by Crippen LogP contribution is 2.36. The summed E-state index contributed by atoms with van der Waals surface area (Å²) < 4.78 is 48.9. The fraction of sp³-hybridized carbons (Fsp3) is 0.150. The number of anilines is 1. The lowest BCUT2D eigenvalue weighted by atomic mass is 10.2. The van der Waals surface area contributed by atoms with E-state index in [4.69, 9.17) is 9.47 Å². The number of nitrogens with one attached hydrogen (secondary N) is 1. The highest BCUT2D eigenvalue weighted by Gasteiger charge is 2.36. The van der Waals surface area contributed by atoms with Crippen LogP contribution in [-0.4, -0.2) is 35.3 Å². The van der Waals surface area contributed by atoms with Crippen LogP contribution in [-0.2, 0) is 15.8 Å². The van der Waals surface area contributed by atoms with Crippen LogP contribution in [0.3, 0.4) is 0 Å². The Balaban J connectivity index is 1.44. The first-order valence-electron chi connectivity index (χ1n) is 8.83. The molecule has 0 radical (unpaired) electrons. The number of benzene rings is 2. The molecule has 0 bridgehead atoms. The van der Waals surface area contributed by atoms with E-state index in [0.29, 0.717) is 28.8 Å². The van der Waals surface area contributed by atoms with E-state index in [1.54, 1.807) is 18.2 Å². The van der Waals surface area contributed by atoms with Gasteiger partial charge in [-0.05, 0) is 53.7 Å². The summed E-state index contributed by atoms with van der Waals surface area (Å²) in [6.07, 6.45) is -3.08. The second kappa shape index (κ2) is 7.99. The van der Waals surface area contributed by atoms with E-state index >= 15 is 0 Å². The summed E-state index contributed by atoms with van der Waals surface area (Å²) in [6.45, 7) is -0.532. The molecule has 0 spiro atoms. The van der Waals surface area contributed by atoms with Crippen LogP contribution in [0.2, 0.25) is 0 Å². The number of hydrogen-bond donors (Lipinski definition) is 1. The number of halogens is 3. The maximum absolute atomic E-state index is 12.8. The van der Waals surface area contributed by atoms with Gasteiger partial charge < -0.3 is 14.8 Å². The minimum Gasteiger partial charge on any atom is -0.454 e. The smallest absolute Gasteiger partial charge is 0.416 e. The average Bonchev–Trinajstić information content (AvgIpc) is 3.27. The summed E-state index contributed by atoms with van der Waals surface area (Å²) in [6, 6.07) is 9.06. The molecule has 4 rings (SSSR count). The minimum atomic E-state index is -4.56. The van der Waals surface area contributed by atoms with E-state index in [1.807, 2.05) is 0 Å². The monoisotopic (exact) mass is 450 g/mol. The number of fused-ring (bicyclic) bond motifs is 1. The van der Waals surface area contributed by atoms with Crippen molar-refractivity contribution in [2.24, 2.45) is 0 Å². The molecule has 2 aliphatic heterocycles. The van der Waals surface area contributed by atoms with Crippen LogP contribution in [0.15, 0.2) is 47.4 Å². The van der Waals surface area contributed by atoms with Gasteiger partial charge in [-0.1, -0.05) is 12.1 Å². The van der Waals surface area contributed by atoms with Gasteiger partial charge in [-0.3, -0.25) is 19.3 Å². The lowest BCUT2D eigenvalue weighted by molar-refractivity contribution is -0.137. The van der Waals surface area contributed by atoms with Gasteiger partial charge in [-0.25, -0.2) is 0 Å². The third-order valence-electron chi connectivity index (χ3n) is 4.34. The number of carbonyl (C=O) groups is 3. The van der Waals surface area contributed by atoms with Gasteiger partial charge in [0.1, 0.15) is 6.54 Å². The fourth-order valence-electron chi connectivity index (χ4n) is 2.91. The van der Waals surface area contributed by atoms with Gasteiger partial charge in [-0.15, -0.1) is 0 Å². The van der Waals surface area contributed by atoms with Crippen LogP contribution in [0.25, 0.3) is 6.08 Å². The highest BCUT2D eigenvalue weighted by atomic mass is 32.2. The second-order valence-electron chi connectivity index (χ2n) is 6.51. The van der Waals surface area contributed by atoms with E-state index in [-0.39, 0.29) is 17.4 Å². The van der Waals surface area contributed by atoms with Crippen molar-refractivity contribution in [3.63, 3.8) is 0 Å². The quantitative estimate of drug-likeness (QED) is 0.706. The molecule has 2 aromatic rings. The Hall–Kier alpha value is -3.47. The van der Waals surface area contributed by atoms with Gasteiger partial charge in [0.05, 0.1) is 10.5 Å². The molecule has 31 heavy (non-hydrogen) atoms. The Morgan fingerprint density at radius 3 is 2.68 bits per heavy atom. The topological polar surface area (TPSA) is 84.9 Å². The third kappa shape index (κ3) is 4.50. The predicted octanol–water partition coefficient (Wildman–Crippen LogP) is 4.11. The predicted molar refractivity (Wildman–Crippen MR) is 105 cm³/mol. The van der Waals surface area contributed by atoms with Crippen molar-refractivity contribution < 1.29 is 37.0 Å². The zero-order valence-electron chi connectivity index (χ0n) is 15.6. The van der Waals surface area contributed by atoms with Crippen molar-refractivity contribution in [1.29, 1.82) is 0 Å². The Kier molecular flexibility index (Phi) is 5.36. The average molecular weight is 450 g/mol. The van der Waals surface area contributed by atoms with Crippen molar-refractivity contribution in [3.05, 3.63) is 58.5 Å². The summed E-state index contributed by atoms with van der Waals surface area (Å²) in [4.78, 5) is 37.8. The molecule has 11 heteroatoms. The van der Waals surface area contributed by atoms with Gasteiger partial charge in [-0.2, -0.15) is 13.2 Å². The molecule has 0 aromatic heterocycles. The molecule has 0 aliphatic carbocycles. The number of thioether (sulfide) groups is 1. The lowest BCUT2D eigenvalue weighted by Gasteiger charge is -2.13. The second-order valence-corrected chi connectivity index (χ2v) is 7.50. The molecule has 1 fully saturated rings. The fourth-order valence-corrected chi connectivity index (χ4v) is 3.75. The molecule has 0 atom stereocenters. The maximum atomic E-state index is 12.8. The van der Waals surface area contributed by atoms with Crippen molar-refractivity contribution in [2.75, 3.05) is 18.7 Å². The van der Waals surface area contributed by atoms with Crippen LogP contribution >= 0.6 is 11.8 Å². The first kappa shape index (κ1) is 20.8. The Labute approximate surface area is 177 Å². The minimum absolute atomic E-state index is 0.0935. The molecule has 1 N–H and O–H groups in total. The summed E-state index contributed by atoms with van der Waals surface area (Å²) >= 11 is 0.662. The van der Waals surface area contributed by atoms with Crippen LogP contribution in [0.5, 0.6) is 11.5 Å². The van der Waals surface area contributed by atoms with Crippen LogP contribution in [0, 0.1) is 0 Å². The van der Waals surface area contributed by atoms with Gasteiger partial charge in [0.25, 0.3) is 11.1 Å². The molecule has 160 valence electrons. The third-order valence-corrected chi connectivity index (χ3v) is 5.25. The largest absolute Gasteiger partial charge is 0.454 e. The Morgan fingerprint density at radius 1 is 1.13 bits per heavy atom. The van der Waals surface area contributed by atoms with E-state index in [0.717, 1.165) is 23.1 Å². The lowest BCUT2D eigenvalue weighted by Crippen LogP contribution is -2.36. The van der Waals surface area contributed by atoms with Crippen molar-refractivity contribution >= 4 is 40.6 Å². The molecular weight excluding hydrogens is 437 g/mol. The molecule has 0 unspecified atom stereocenters. The molecule has 2 aromatic carbocycles. The van der Waals surface area contributed by atoms with E-state index in [1.165, 1.54) is 12.1 Å². The molecule has 1 saturated heterocycles. The first-order valence-corrected chi connectivity index (χ1v) is 9.64. The molecule has 2 heterocycles. The number of amides is 3. The first-order chi connectivity index (χ1) is 14.7. The molecule has 0 saturated carbocycles. The van der Waals surface area contributed by atoms with Crippen LogP contribution in [0.1, 0.15) is 11.1 Å². The number of nitrogens with zero attached hydrogens (tertiary/aromatic N) is 1. The molecule has 2 aliphatic rings. The normalized spacial score (nSPS) is 16.9. The summed E-state index contributed by atoms with van der Waals surface area (Å²) in [7, 11) is 0. The maximum Gasteiger partial charge on any atom is 0.416 e. The zero-order valence-corrected chi connectivity index (χ0v) is 16.4. The standard InChI is InChI=1S/C20H13F3N2O5S/c21-20(22,23)12-2-1-3-13(8-12)24-17(26)9-25-18(27)16(31-19(25)28)7-11-4-5-14-15(6-11)30-10-29-14/h1-8H,9-10H2,(H,24,26)/b16-7-. The van der Waals surface area contributed by atoms with Gasteiger partial charge in [0.15, 0.2) is 11.5 Å². The number of rotatable bonds is 4. The Morgan fingerprint density at radius 2 is 1.90 bits per heavy atom. The van der Waals surface area contributed by atoms with Crippen molar-refractivity contribution in [1.82, 2.24) is 4.90 Å². The van der Waals surface area contributed by atoms with E-state index < -0.39 is 35.3 Å². The SMILES string of the molecule is O=C(CN1C(=O)S/C(=C\c2ccc3c(c2)OCO3)C1=O)Nc1cccc(C(F)(F)F)c1. The summed E-state index contributed by atoms with van der Waals surface area (Å²) in [5, 5.41) is 1.61. The van der Waals surface area contributed by atoms with E-state index in [9.17, 15) is 27.6 Å². The molecule has 3 amide bonds. The van der Waals surface area contributed by atoms with Gasteiger partial charge in [0.2, 0.25) is 12.7 Å². The van der Waals surface area contributed by atoms with Crippen LogP contribution < -0.4 is 14.8 Å². The van der Waals surface area contributed by atoms with Gasteiger partial charge in [0, 0.05) is 5.69 Å². The number of hydrogen-bond acceptors (Lipinski definition) is 6. The zero-order chi connectivity index (χ0) is 22.2. The number of imide groups is 1. The van der Waals surface area contributed by atoms with Crippen LogP contribution in [0.4, 0.5) is 23.7 Å². The number of carbonyl (C=O) groups excluding carboxylic acids is 3. The molecule has 7 nitrogen and oxygen atoms in total. The molecular formula is C20H13F3N2O5S. The number of alkyl halides is 3. The van der Waals surface area contributed by atoms with Gasteiger partial charge >= 0.3 is 6.18 Å². The van der Waals surface area contributed by atoms with Crippen molar-refractivity contribution in [2.45, 2.75) is 6.18 Å². The summed E-state index contributed by atoms with van der Waals surface area (Å²) in [5.74, 6) is -0.400. The van der Waals surface area contributed by atoms with E-state index in [2.05, 4.69) is 5.32 Å². The number of ether oxygens (including phenoxy) is 2. The van der Waals surface area contributed by atoms with Crippen molar-refractivity contribution in [3.8, 4) is 11.5 Å². The summed E-state index contributed by atoms with van der Waals surface area (Å²) in [5.41, 5.74) is -0.422.